The first-order chi connectivity index (χ1) is 10.3. The van der Waals surface area contributed by atoms with Crippen LogP contribution in [0.15, 0.2) is 0 Å². The number of carboxylic acids is 1. The van der Waals surface area contributed by atoms with E-state index in [-0.39, 0.29) is 17.2 Å². The molecule has 1 aromatic heterocycles. The van der Waals surface area contributed by atoms with Gasteiger partial charge in [0.25, 0.3) is 0 Å². The summed E-state index contributed by atoms with van der Waals surface area (Å²) < 4.78 is 0. The lowest BCUT2D eigenvalue weighted by atomic mass is 9.72. The number of nitrogens with one attached hydrogen (secondary N) is 1. The first-order valence-corrected chi connectivity index (χ1v) is 8.77. The lowest BCUT2D eigenvalue weighted by Gasteiger charge is -2.33. The molecule has 1 aromatic rings. The molecule has 0 radical (unpaired) electrons. The van der Waals surface area contributed by atoms with E-state index in [1.165, 1.54) is 11.3 Å². The smallest absolute Gasteiger partial charge is 0.339 e. The lowest BCUT2D eigenvalue weighted by Crippen LogP contribution is -2.26. The number of hydrogen-bond acceptors (Lipinski definition) is 3. The average Bonchev–Trinajstić information content (AvgIpc) is 3.18. The molecular weight excluding hydrogens is 298 g/mol. The van der Waals surface area contributed by atoms with Gasteiger partial charge in [-0.05, 0) is 49.0 Å². The van der Waals surface area contributed by atoms with Gasteiger partial charge in [-0.3, -0.25) is 4.79 Å². The predicted octanol–water partition coefficient (Wildman–Crippen LogP) is 3.95. The minimum atomic E-state index is -0.919. The monoisotopic (exact) mass is 321 g/mol. The normalized spacial score (nSPS) is 21.3. The van der Waals surface area contributed by atoms with Gasteiger partial charge in [-0.1, -0.05) is 20.8 Å². The highest BCUT2D eigenvalue weighted by molar-refractivity contribution is 7.17. The van der Waals surface area contributed by atoms with E-state index in [0.29, 0.717) is 16.5 Å². The molecule has 2 aliphatic carbocycles. The number of fused-ring (bicyclic) bond motifs is 1. The molecule has 2 N–H and O–H groups in total. The van der Waals surface area contributed by atoms with Gasteiger partial charge >= 0.3 is 5.97 Å². The van der Waals surface area contributed by atoms with Crippen LogP contribution in [-0.4, -0.2) is 17.0 Å². The van der Waals surface area contributed by atoms with Gasteiger partial charge in [0.2, 0.25) is 5.91 Å². The van der Waals surface area contributed by atoms with Gasteiger partial charge in [0.05, 0.1) is 5.56 Å². The van der Waals surface area contributed by atoms with Gasteiger partial charge in [0, 0.05) is 10.8 Å². The lowest BCUT2D eigenvalue weighted by molar-refractivity contribution is -0.117. The van der Waals surface area contributed by atoms with Crippen molar-refractivity contribution < 1.29 is 14.7 Å². The summed E-state index contributed by atoms with van der Waals surface area (Å²) in [6.07, 6.45) is 4.58. The van der Waals surface area contributed by atoms with Crippen LogP contribution in [0.4, 0.5) is 5.00 Å². The fraction of sp³-hybridized carbons (Fsp3) is 0.647. The number of aromatic carboxylic acids is 1. The zero-order valence-electron chi connectivity index (χ0n) is 13.4. The Kier molecular flexibility index (Phi) is 3.79. The molecule has 0 spiro atoms. The van der Waals surface area contributed by atoms with Gasteiger partial charge in [-0.15, -0.1) is 11.3 Å². The summed E-state index contributed by atoms with van der Waals surface area (Å²) >= 11 is 1.47. The van der Waals surface area contributed by atoms with Crippen LogP contribution in [0.25, 0.3) is 0 Å². The maximum absolute atomic E-state index is 12.0. The summed E-state index contributed by atoms with van der Waals surface area (Å²) in [6, 6.07) is 0. The van der Waals surface area contributed by atoms with Gasteiger partial charge in [0.15, 0.2) is 0 Å². The molecule has 1 amide bonds. The van der Waals surface area contributed by atoms with Crippen LogP contribution < -0.4 is 5.32 Å². The first-order valence-electron chi connectivity index (χ1n) is 7.96. The molecule has 3 rings (SSSR count). The molecular formula is C17H23NO3S. The van der Waals surface area contributed by atoms with Crippen LogP contribution in [0.5, 0.6) is 0 Å². The Hall–Kier alpha value is -1.36. The van der Waals surface area contributed by atoms with Crippen molar-refractivity contribution in [3.8, 4) is 0 Å². The summed E-state index contributed by atoms with van der Waals surface area (Å²) in [5.74, 6) is -0.290. The Labute approximate surface area is 134 Å². The van der Waals surface area contributed by atoms with Crippen LogP contribution in [0.2, 0.25) is 0 Å². The second kappa shape index (κ2) is 5.37. The van der Waals surface area contributed by atoms with Crippen molar-refractivity contribution in [2.24, 2.45) is 17.3 Å². The van der Waals surface area contributed by atoms with E-state index in [4.69, 9.17) is 0 Å². The van der Waals surface area contributed by atoms with Crippen molar-refractivity contribution in [3.63, 3.8) is 0 Å². The highest BCUT2D eigenvalue weighted by atomic mass is 32.1. The number of amides is 1. The Morgan fingerprint density at radius 3 is 2.45 bits per heavy atom. The minimum Gasteiger partial charge on any atom is -0.478 e. The Morgan fingerprint density at radius 2 is 1.91 bits per heavy atom. The van der Waals surface area contributed by atoms with E-state index in [1.54, 1.807) is 0 Å². The fourth-order valence-corrected chi connectivity index (χ4v) is 4.52. The second-order valence-corrected chi connectivity index (χ2v) is 8.69. The third-order valence-electron chi connectivity index (χ3n) is 4.89. The standard InChI is InChI=1S/C17H23NO3S/c1-17(2,3)10-6-7-11-12(8-10)22-15(13(11)16(20)21)18-14(19)9-4-5-9/h9-10H,4-8H2,1-3H3,(H,18,19)(H,20,21). The quantitative estimate of drug-likeness (QED) is 0.886. The van der Waals surface area contributed by atoms with Gasteiger partial charge in [-0.25, -0.2) is 4.79 Å². The zero-order valence-corrected chi connectivity index (χ0v) is 14.2. The third kappa shape index (κ3) is 2.91. The zero-order chi connectivity index (χ0) is 16.1. The number of carboxylic acid groups (broad SMARTS) is 1. The highest BCUT2D eigenvalue weighted by Gasteiger charge is 2.35. The molecule has 1 unspecified atom stereocenters. The molecule has 120 valence electrons. The van der Waals surface area contributed by atoms with Crippen molar-refractivity contribution in [2.45, 2.75) is 52.9 Å². The summed E-state index contributed by atoms with van der Waals surface area (Å²) in [7, 11) is 0. The number of rotatable bonds is 3. The number of anilines is 1. The Bertz CT molecular complexity index is 623. The molecule has 2 aliphatic rings. The number of thiophene rings is 1. The van der Waals surface area contributed by atoms with E-state index in [2.05, 4.69) is 26.1 Å². The number of carbonyl (C=O) groups is 2. The molecule has 4 nitrogen and oxygen atoms in total. The van der Waals surface area contributed by atoms with Crippen LogP contribution in [0, 0.1) is 17.3 Å². The van der Waals surface area contributed by atoms with Crippen LogP contribution in [0.1, 0.15) is 60.8 Å². The van der Waals surface area contributed by atoms with E-state index in [9.17, 15) is 14.7 Å². The topological polar surface area (TPSA) is 66.4 Å². The van der Waals surface area contributed by atoms with Crippen molar-refractivity contribution in [1.29, 1.82) is 0 Å². The van der Waals surface area contributed by atoms with Gasteiger partial charge in [0.1, 0.15) is 5.00 Å². The summed E-state index contributed by atoms with van der Waals surface area (Å²) in [5, 5.41) is 13.0. The van der Waals surface area contributed by atoms with Crippen molar-refractivity contribution in [2.75, 3.05) is 5.32 Å². The SMILES string of the molecule is CC(C)(C)C1CCc2c(sc(NC(=O)C3CC3)c2C(=O)O)C1. The third-order valence-corrected chi connectivity index (χ3v) is 6.06. The van der Waals surface area contributed by atoms with Crippen molar-refractivity contribution >= 4 is 28.2 Å². The van der Waals surface area contributed by atoms with Crippen molar-refractivity contribution in [1.82, 2.24) is 0 Å². The van der Waals surface area contributed by atoms with E-state index >= 15 is 0 Å². The minimum absolute atomic E-state index is 0.0199. The Morgan fingerprint density at radius 1 is 1.23 bits per heavy atom. The fourth-order valence-electron chi connectivity index (χ4n) is 3.20. The highest BCUT2D eigenvalue weighted by Crippen LogP contribution is 2.44. The summed E-state index contributed by atoms with van der Waals surface area (Å²) in [4.78, 5) is 24.8. The molecule has 0 aliphatic heterocycles. The molecule has 1 fully saturated rings. The molecule has 1 saturated carbocycles. The molecule has 1 atom stereocenters. The molecule has 5 heteroatoms. The largest absolute Gasteiger partial charge is 0.478 e. The van der Waals surface area contributed by atoms with Crippen LogP contribution >= 0.6 is 11.3 Å². The molecule has 0 saturated heterocycles. The van der Waals surface area contributed by atoms with Gasteiger partial charge in [-0.2, -0.15) is 0 Å². The maximum atomic E-state index is 12.0. The molecule has 0 aromatic carbocycles. The second-order valence-electron chi connectivity index (χ2n) is 7.58. The number of carbonyl (C=O) groups excluding carboxylic acids is 1. The average molecular weight is 321 g/mol. The maximum Gasteiger partial charge on any atom is 0.339 e. The first kappa shape index (κ1) is 15.5. The molecule has 1 heterocycles. The molecule has 22 heavy (non-hydrogen) atoms. The van der Waals surface area contributed by atoms with Crippen LogP contribution in [-0.2, 0) is 17.6 Å². The molecule has 0 bridgehead atoms. The van der Waals surface area contributed by atoms with Crippen molar-refractivity contribution in [3.05, 3.63) is 16.0 Å². The van der Waals surface area contributed by atoms with Gasteiger partial charge < -0.3 is 10.4 Å². The predicted molar refractivity (Wildman–Crippen MR) is 87.6 cm³/mol. The van der Waals surface area contributed by atoms with E-state index < -0.39 is 5.97 Å². The summed E-state index contributed by atoms with van der Waals surface area (Å²) in [6.45, 7) is 6.72. The number of hydrogen-bond donors (Lipinski definition) is 2. The summed E-state index contributed by atoms with van der Waals surface area (Å²) in [5.41, 5.74) is 1.51. The van der Waals surface area contributed by atoms with Crippen LogP contribution in [0.3, 0.4) is 0 Å². The Balaban J connectivity index is 1.90. The van der Waals surface area contributed by atoms with E-state index in [0.717, 1.165) is 42.5 Å². The van der Waals surface area contributed by atoms with E-state index in [1.807, 2.05) is 0 Å².